The number of carbonyl (C=O) groups is 1. The van der Waals surface area contributed by atoms with Crippen LogP contribution in [0.1, 0.15) is 25.1 Å². The van der Waals surface area contributed by atoms with Gasteiger partial charge in [-0.05, 0) is 19.3 Å². The normalized spacial score (nSPS) is 27.3. The summed E-state index contributed by atoms with van der Waals surface area (Å²) in [6.45, 7) is 3.32. The molecule has 1 aliphatic rings. The van der Waals surface area contributed by atoms with E-state index in [0.29, 0.717) is 12.0 Å². The van der Waals surface area contributed by atoms with Crippen molar-refractivity contribution in [1.82, 2.24) is 9.55 Å². The Morgan fingerprint density at radius 1 is 1.56 bits per heavy atom. The summed E-state index contributed by atoms with van der Waals surface area (Å²) in [5, 5.41) is 8.95. The van der Waals surface area contributed by atoms with Crippen LogP contribution in [0.25, 0.3) is 0 Å². The Morgan fingerprint density at radius 2 is 2.22 bits per heavy atom. The topological polar surface area (TPSA) is 101 Å². The number of hydrogen-bond acceptors (Lipinski definition) is 4. The van der Waals surface area contributed by atoms with Gasteiger partial charge >= 0.3 is 11.7 Å². The van der Waals surface area contributed by atoms with Crippen molar-refractivity contribution in [3.63, 3.8) is 0 Å². The van der Waals surface area contributed by atoms with Gasteiger partial charge in [-0.1, -0.05) is 6.92 Å². The van der Waals surface area contributed by atoms with E-state index in [2.05, 4.69) is 4.98 Å². The van der Waals surface area contributed by atoms with Crippen molar-refractivity contribution in [3.05, 3.63) is 32.6 Å². The fourth-order valence-electron chi connectivity index (χ4n) is 2.08. The molecule has 18 heavy (non-hydrogen) atoms. The minimum Gasteiger partial charge on any atom is -0.479 e. The highest BCUT2D eigenvalue weighted by Crippen LogP contribution is 2.32. The molecule has 0 aromatic carbocycles. The number of nitrogens with zero attached hydrogens (tertiary/aromatic N) is 1. The second-order valence-electron chi connectivity index (χ2n) is 4.54. The molecular formula is C11H14N2O5. The molecule has 2 N–H and O–H groups in total. The van der Waals surface area contributed by atoms with Gasteiger partial charge in [-0.15, -0.1) is 0 Å². The lowest BCUT2D eigenvalue weighted by Gasteiger charge is -2.14. The Labute approximate surface area is 102 Å². The zero-order valence-corrected chi connectivity index (χ0v) is 10.0. The van der Waals surface area contributed by atoms with Crippen LogP contribution in [0.3, 0.4) is 0 Å². The molecule has 1 fully saturated rings. The van der Waals surface area contributed by atoms with Gasteiger partial charge in [0.05, 0.1) is 0 Å². The Bertz CT molecular complexity index is 588. The lowest BCUT2D eigenvalue weighted by Crippen LogP contribution is -2.33. The average Bonchev–Trinajstić information content (AvgIpc) is 2.65. The minimum atomic E-state index is -1.04. The van der Waals surface area contributed by atoms with E-state index in [4.69, 9.17) is 9.84 Å². The van der Waals surface area contributed by atoms with Gasteiger partial charge in [0.2, 0.25) is 0 Å². The van der Waals surface area contributed by atoms with Gasteiger partial charge < -0.3 is 9.84 Å². The van der Waals surface area contributed by atoms with Gasteiger partial charge in [0.25, 0.3) is 5.56 Å². The van der Waals surface area contributed by atoms with Gasteiger partial charge in [-0.25, -0.2) is 9.59 Å². The maximum Gasteiger partial charge on any atom is 0.333 e. The first-order valence-electron chi connectivity index (χ1n) is 5.60. The molecule has 0 unspecified atom stereocenters. The molecule has 3 atom stereocenters. The van der Waals surface area contributed by atoms with Gasteiger partial charge in [0.15, 0.2) is 6.10 Å². The van der Waals surface area contributed by atoms with Gasteiger partial charge in [0, 0.05) is 11.8 Å². The monoisotopic (exact) mass is 254 g/mol. The van der Waals surface area contributed by atoms with E-state index >= 15 is 0 Å². The third-order valence-corrected chi connectivity index (χ3v) is 3.09. The molecule has 98 valence electrons. The molecule has 7 heteroatoms. The highest BCUT2D eigenvalue weighted by molar-refractivity contribution is 5.73. The molecule has 0 bridgehead atoms. The van der Waals surface area contributed by atoms with Gasteiger partial charge in [-0.2, -0.15) is 0 Å². The van der Waals surface area contributed by atoms with Crippen LogP contribution in [0.15, 0.2) is 15.8 Å². The van der Waals surface area contributed by atoms with Crippen LogP contribution in [0.5, 0.6) is 0 Å². The van der Waals surface area contributed by atoms with Crippen molar-refractivity contribution in [1.29, 1.82) is 0 Å². The first-order valence-corrected chi connectivity index (χ1v) is 5.60. The number of aryl methyl sites for hydroxylation is 1. The summed E-state index contributed by atoms with van der Waals surface area (Å²) in [7, 11) is 0. The summed E-state index contributed by atoms with van der Waals surface area (Å²) in [5.74, 6) is -1.23. The number of carboxylic acids is 1. The van der Waals surface area contributed by atoms with E-state index < -0.39 is 29.6 Å². The number of H-pyrrole nitrogens is 1. The zero-order valence-electron chi connectivity index (χ0n) is 10.0. The summed E-state index contributed by atoms with van der Waals surface area (Å²) in [4.78, 5) is 36.0. The molecule has 1 aromatic heterocycles. The van der Waals surface area contributed by atoms with Crippen molar-refractivity contribution in [2.24, 2.45) is 5.92 Å². The number of carboxylic acid groups (broad SMARTS) is 1. The Hall–Kier alpha value is -1.89. The molecule has 0 radical (unpaired) electrons. The second-order valence-corrected chi connectivity index (χ2v) is 4.54. The second kappa shape index (κ2) is 4.41. The van der Waals surface area contributed by atoms with Crippen LogP contribution in [-0.4, -0.2) is 26.7 Å². The maximum absolute atomic E-state index is 11.6. The Balaban J connectivity index is 2.35. The van der Waals surface area contributed by atoms with Crippen molar-refractivity contribution < 1.29 is 14.6 Å². The highest BCUT2D eigenvalue weighted by Gasteiger charge is 2.38. The lowest BCUT2D eigenvalue weighted by molar-refractivity contribution is -0.153. The molecule has 7 nitrogen and oxygen atoms in total. The van der Waals surface area contributed by atoms with E-state index in [1.54, 1.807) is 13.8 Å². The summed E-state index contributed by atoms with van der Waals surface area (Å²) < 4.78 is 6.57. The first-order chi connectivity index (χ1) is 8.40. The largest absolute Gasteiger partial charge is 0.479 e. The molecule has 0 spiro atoms. The number of aromatic amines is 1. The van der Waals surface area contributed by atoms with Crippen molar-refractivity contribution in [3.8, 4) is 0 Å². The van der Waals surface area contributed by atoms with Crippen LogP contribution >= 0.6 is 0 Å². The molecule has 0 amide bonds. The van der Waals surface area contributed by atoms with Crippen molar-refractivity contribution >= 4 is 5.97 Å². The number of aliphatic carboxylic acids is 1. The summed E-state index contributed by atoms with van der Waals surface area (Å²) in [6.07, 6.45) is 0.240. The zero-order chi connectivity index (χ0) is 13.4. The van der Waals surface area contributed by atoms with Crippen LogP contribution < -0.4 is 11.2 Å². The third kappa shape index (κ3) is 2.08. The molecule has 2 heterocycles. The van der Waals surface area contributed by atoms with E-state index in [1.807, 2.05) is 0 Å². The fraction of sp³-hybridized carbons (Fsp3) is 0.545. The predicted molar refractivity (Wildman–Crippen MR) is 61.4 cm³/mol. The highest BCUT2D eigenvalue weighted by atomic mass is 16.5. The lowest BCUT2D eigenvalue weighted by atomic mass is 10.0. The standard InChI is InChI=1S/C11H14N2O5/c1-5-3-7(18-8(5)10(15)16)13-4-6(2)9(14)12-11(13)17/h4-5,7-8H,3H2,1-2H3,(H,15,16)(H,12,14,17)/t5-,7+,8-/m0/s1. The minimum absolute atomic E-state index is 0.188. The average molecular weight is 254 g/mol. The van der Waals surface area contributed by atoms with E-state index in [1.165, 1.54) is 10.8 Å². The SMILES string of the molecule is Cc1cn([C@H]2C[C@H](C)[C@@H](C(=O)O)O2)c(=O)[nH]c1=O. The number of ether oxygens (including phenoxy) is 1. The predicted octanol–water partition coefficient (Wildman–Crippen LogP) is -0.147. The Kier molecular flexibility index (Phi) is 3.08. The number of rotatable bonds is 2. The maximum atomic E-state index is 11.6. The molecule has 0 saturated carbocycles. The van der Waals surface area contributed by atoms with Gasteiger partial charge in [-0.3, -0.25) is 14.3 Å². The summed E-state index contributed by atoms with van der Waals surface area (Å²) >= 11 is 0. The van der Waals surface area contributed by atoms with E-state index in [9.17, 15) is 14.4 Å². The molecular weight excluding hydrogens is 240 g/mol. The summed E-state index contributed by atoms with van der Waals surface area (Å²) in [6, 6.07) is 0. The molecule has 1 aromatic rings. The van der Waals surface area contributed by atoms with Crippen molar-refractivity contribution in [2.45, 2.75) is 32.6 Å². The molecule has 1 saturated heterocycles. The van der Waals surface area contributed by atoms with E-state index in [0.717, 1.165) is 0 Å². The number of hydrogen-bond donors (Lipinski definition) is 2. The van der Waals surface area contributed by atoms with Crippen LogP contribution in [-0.2, 0) is 9.53 Å². The van der Waals surface area contributed by atoms with E-state index in [-0.39, 0.29) is 5.92 Å². The van der Waals surface area contributed by atoms with Crippen molar-refractivity contribution in [2.75, 3.05) is 0 Å². The molecule has 2 rings (SSSR count). The summed E-state index contributed by atoms with van der Waals surface area (Å²) in [5.41, 5.74) is -0.657. The molecule has 0 aliphatic carbocycles. The fourth-order valence-corrected chi connectivity index (χ4v) is 2.08. The van der Waals surface area contributed by atoms with Crippen LogP contribution in [0.2, 0.25) is 0 Å². The van der Waals surface area contributed by atoms with Crippen LogP contribution in [0, 0.1) is 12.8 Å². The van der Waals surface area contributed by atoms with Crippen LogP contribution in [0.4, 0.5) is 0 Å². The van der Waals surface area contributed by atoms with Gasteiger partial charge in [0.1, 0.15) is 6.23 Å². The smallest absolute Gasteiger partial charge is 0.333 e. The first kappa shape index (κ1) is 12.6. The molecule has 1 aliphatic heterocycles. The number of nitrogens with one attached hydrogen (secondary N) is 1. The third-order valence-electron chi connectivity index (χ3n) is 3.09. The Morgan fingerprint density at radius 3 is 2.78 bits per heavy atom. The number of aromatic nitrogens is 2. The quantitative estimate of drug-likeness (QED) is 0.764.